The van der Waals surface area contributed by atoms with Crippen LogP contribution in [0.3, 0.4) is 0 Å². The smallest absolute Gasteiger partial charge is 0.170 e. The average Bonchev–Trinajstić information content (AvgIpc) is 2.93. The molecule has 0 bridgehead atoms. The fourth-order valence-electron chi connectivity index (χ4n) is 1.97. The van der Waals surface area contributed by atoms with Gasteiger partial charge in [0, 0.05) is 20.2 Å². The largest absolute Gasteiger partial charge is 0.397 e. The Hall–Kier alpha value is -1.66. The summed E-state index contributed by atoms with van der Waals surface area (Å²) in [6.07, 6.45) is 1.68. The van der Waals surface area contributed by atoms with Crippen molar-refractivity contribution in [3.63, 3.8) is 0 Å². The van der Waals surface area contributed by atoms with Crippen molar-refractivity contribution in [2.45, 2.75) is 0 Å². The number of halogens is 2. The number of nitrogens with two attached hydrogens (primary N) is 1. The van der Waals surface area contributed by atoms with E-state index >= 15 is 0 Å². The summed E-state index contributed by atoms with van der Waals surface area (Å²) in [5.41, 5.74) is 8.59. The maximum atomic E-state index is 6.14. The third-order valence-electron chi connectivity index (χ3n) is 2.92. The molecule has 0 aliphatic rings. The van der Waals surface area contributed by atoms with Gasteiger partial charge < -0.3 is 5.73 Å². The van der Waals surface area contributed by atoms with Crippen molar-refractivity contribution in [1.82, 2.24) is 14.8 Å². The lowest BCUT2D eigenvalue weighted by Gasteiger charge is -2.10. The van der Waals surface area contributed by atoms with Crippen LogP contribution < -0.4 is 5.73 Å². The highest BCUT2D eigenvalue weighted by Crippen LogP contribution is 2.34. The van der Waals surface area contributed by atoms with Crippen molar-refractivity contribution in [2.75, 3.05) is 5.73 Å². The zero-order chi connectivity index (χ0) is 14.1. The van der Waals surface area contributed by atoms with Gasteiger partial charge in [-0.05, 0) is 40.2 Å². The van der Waals surface area contributed by atoms with Crippen LogP contribution in [0, 0.1) is 0 Å². The van der Waals surface area contributed by atoms with Gasteiger partial charge in [0.25, 0.3) is 0 Å². The summed E-state index contributed by atoms with van der Waals surface area (Å²) in [7, 11) is 0. The summed E-state index contributed by atoms with van der Waals surface area (Å²) in [6, 6.07) is 13.7. The number of benzene rings is 2. The number of nitrogens with zero attached hydrogens (tertiary/aromatic N) is 3. The number of hydrogen-bond acceptors (Lipinski definition) is 3. The van der Waals surface area contributed by atoms with Gasteiger partial charge in [0.15, 0.2) is 5.82 Å². The molecule has 3 rings (SSSR count). The molecule has 20 heavy (non-hydrogen) atoms. The number of para-hydroxylation sites is 1. The molecule has 100 valence electrons. The lowest BCUT2D eigenvalue weighted by Crippen LogP contribution is -1.99. The minimum absolute atomic E-state index is 0.637. The van der Waals surface area contributed by atoms with Crippen molar-refractivity contribution >= 4 is 37.5 Å². The van der Waals surface area contributed by atoms with E-state index in [1.54, 1.807) is 6.33 Å². The fraction of sp³-hybridized carbons (Fsp3) is 0. The molecule has 0 saturated carbocycles. The zero-order valence-electron chi connectivity index (χ0n) is 10.3. The number of hydrogen-bond donors (Lipinski definition) is 1. The summed E-state index contributed by atoms with van der Waals surface area (Å²) in [5, 5.41) is 8.20. The van der Waals surface area contributed by atoms with E-state index in [9.17, 15) is 0 Å². The molecule has 0 aliphatic carbocycles. The zero-order valence-corrected chi connectivity index (χ0v) is 13.5. The molecule has 3 aromatic rings. The van der Waals surface area contributed by atoms with Crippen molar-refractivity contribution in [1.29, 1.82) is 0 Å². The Labute approximate surface area is 132 Å². The van der Waals surface area contributed by atoms with Crippen molar-refractivity contribution in [2.24, 2.45) is 0 Å². The Morgan fingerprint density at radius 2 is 1.80 bits per heavy atom. The second kappa shape index (κ2) is 5.38. The number of anilines is 1. The number of nitrogen functional groups attached to an aromatic ring is 1. The molecule has 4 nitrogen and oxygen atoms in total. The summed E-state index contributed by atoms with van der Waals surface area (Å²) in [5.74, 6) is 0.704. The van der Waals surface area contributed by atoms with E-state index < -0.39 is 0 Å². The highest BCUT2D eigenvalue weighted by molar-refractivity contribution is 9.11. The summed E-state index contributed by atoms with van der Waals surface area (Å²) in [6.45, 7) is 0. The van der Waals surface area contributed by atoms with Gasteiger partial charge in [-0.2, -0.15) is 0 Å². The molecular formula is C14H10Br2N4. The first kappa shape index (κ1) is 13.3. The molecule has 0 radical (unpaired) electrons. The van der Waals surface area contributed by atoms with Crippen LogP contribution in [0.1, 0.15) is 0 Å². The lowest BCUT2D eigenvalue weighted by molar-refractivity contribution is 1.06. The van der Waals surface area contributed by atoms with Crippen LogP contribution in [-0.4, -0.2) is 14.8 Å². The molecule has 2 N–H and O–H groups in total. The molecule has 1 heterocycles. The van der Waals surface area contributed by atoms with Gasteiger partial charge in [-0.1, -0.05) is 34.1 Å². The Morgan fingerprint density at radius 1 is 1.05 bits per heavy atom. The second-order valence-electron chi connectivity index (χ2n) is 4.21. The van der Waals surface area contributed by atoms with E-state index in [0.29, 0.717) is 11.5 Å². The normalized spacial score (nSPS) is 10.7. The van der Waals surface area contributed by atoms with Gasteiger partial charge in [0.1, 0.15) is 6.33 Å². The predicted octanol–water partition coefficient (Wildman–Crippen LogP) is 4.04. The monoisotopic (exact) mass is 392 g/mol. The molecule has 0 atom stereocenters. The summed E-state index contributed by atoms with van der Waals surface area (Å²) in [4.78, 5) is 0. The highest BCUT2D eigenvalue weighted by atomic mass is 79.9. The third-order valence-corrected chi connectivity index (χ3v) is 4.03. The van der Waals surface area contributed by atoms with Gasteiger partial charge in [-0.25, -0.2) is 0 Å². The Morgan fingerprint density at radius 3 is 2.55 bits per heavy atom. The second-order valence-corrected chi connectivity index (χ2v) is 5.98. The molecule has 0 saturated heterocycles. The van der Waals surface area contributed by atoms with Crippen LogP contribution in [0.4, 0.5) is 5.69 Å². The van der Waals surface area contributed by atoms with E-state index in [1.807, 2.05) is 47.0 Å². The summed E-state index contributed by atoms with van der Waals surface area (Å²) >= 11 is 6.92. The van der Waals surface area contributed by atoms with Gasteiger partial charge in [-0.15, -0.1) is 10.2 Å². The van der Waals surface area contributed by atoms with Crippen LogP contribution >= 0.6 is 31.9 Å². The van der Waals surface area contributed by atoms with Crippen molar-refractivity contribution < 1.29 is 0 Å². The molecule has 0 amide bonds. The molecule has 1 aromatic heterocycles. The Bertz CT molecular complexity index is 753. The SMILES string of the molecule is Nc1c(Br)cc(Br)cc1-c1nncn1-c1ccccc1. The van der Waals surface area contributed by atoms with Crippen LogP contribution in [0.25, 0.3) is 17.1 Å². The van der Waals surface area contributed by atoms with Gasteiger partial charge in [0.05, 0.1) is 5.69 Å². The first-order chi connectivity index (χ1) is 9.66. The summed E-state index contributed by atoms with van der Waals surface area (Å²) < 4.78 is 3.66. The van der Waals surface area contributed by atoms with E-state index in [4.69, 9.17) is 5.73 Å². The van der Waals surface area contributed by atoms with Gasteiger partial charge in [-0.3, -0.25) is 4.57 Å². The molecule has 0 spiro atoms. The molecule has 6 heteroatoms. The standard InChI is InChI=1S/C14H10Br2N4/c15-9-6-11(13(17)12(16)7-9)14-19-18-8-20(14)10-4-2-1-3-5-10/h1-8H,17H2. The molecule has 2 aromatic carbocycles. The van der Waals surface area contributed by atoms with Crippen molar-refractivity contribution in [3.05, 3.63) is 57.7 Å². The van der Waals surface area contributed by atoms with Gasteiger partial charge in [0.2, 0.25) is 0 Å². The Kier molecular flexibility index (Phi) is 3.58. The quantitative estimate of drug-likeness (QED) is 0.668. The molecule has 0 fully saturated rings. The number of aromatic nitrogens is 3. The third kappa shape index (κ3) is 2.36. The minimum Gasteiger partial charge on any atom is -0.397 e. The maximum absolute atomic E-state index is 6.14. The van der Waals surface area contributed by atoms with E-state index in [1.165, 1.54) is 0 Å². The van der Waals surface area contributed by atoms with Crippen LogP contribution in [0.2, 0.25) is 0 Å². The number of rotatable bonds is 2. The lowest BCUT2D eigenvalue weighted by atomic mass is 10.1. The predicted molar refractivity (Wildman–Crippen MR) is 86.6 cm³/mol. The molecule has 0 unspecified atom stereocenters. The van der Waals surface area contributed by atoms with Crippen LogP contribution in [-0.2, 0) is 0 Å². The molecular weight excluding hydrogens is 384 g/mol. The van der Waals surface area contributed by atoms with Crippen LogP contribution in [0.15, 0.2) is 57.7 Å². The maximum Gasteiger partial charge on any atom is 0.170 e. The fourth-order valence-corrected chi connectivity index (χ4v) is 3.19. The topological polar surface area (TPSA) is 56.7 Å². The first-order valence-electron chi connectivity index (χ1n) is 5.87. The highest BCUT2D eigenvalue weighted by Gasteiger charge is 2.14. The average molecular weight is 394 g/mol. The first-order valence-corrected chi connectivity index (χ1v) is 7.46. The van der Waals surface area contributed by atoms with Crippen molar-refractivity contribution in [3.8, 4) is 17.1 Å². The van der Waals surface area contributed by atoms with Crippen LogP contribution in [0.5, 0.6) is 0 Å². The van der Waals surface area contributed by atoms with E-state index in [0.717, 1.165) is 20.2 Å². The Balaban J connectivity index is 2.21. The van der Waals surface area contributed by atoms with E-state index in [2.05, 4.69) is 42.1 Å². The molecule has 0 aliphatic heterocycles. The van der Waals surface area contributed by atoms with E-state index in [-0.39, 0.29) is 0 Å². The van der Waals surface area contributed by atoms with Gasteiger partial charge >= 0.3 is 0 Å². The minimum atomic E-state index is 0.637.